The predicted molar refractivity (Wildman–Crippen MR) is 80.0 cm³/mol. The fourth-order valence-electron chi connectivity index (χ4n) is 2.27. The van der Waals surface area contributed by atoms with Crippen LogP contribution in [0, 0.1) is 12.8 Å². The highest BCUT2D eigenvalue weighted by atomic mass is 32.2. The minimum atomic E-state index is -3.12. The van der Waals surface area contributed by atoms with Gasteiger partial charge in [-0.05, 0) is 37.5 Å². The topological polar surface area (TPSA) is 79.6 Å². The fraction of sp³-hybridized carbons (Fsp3) is 0.500. The first-order chi connectivity index (χ1) is 9.84. The number of carbonyl (C=O) groups excluding carboxylic acids is 1. The van der Waals surface area contributed by atoms with E-state index in [1.807, 2.05) is 13.0 Å². The summed E-state index contributed by atoms with van der Waals surface area (Å²) in [6.45, 7) is 3.32. The molecule has 1 unspecified atom stereocenters. The van der Waals surface area contributed by atoms with Crippen molar-refractivity contribution in [2.75, 3.05) is 25.9 Å². The Bertz CT molecular complexity index is 633. The number of sulfonamides is 1. The van der Waals surface area contributed by atoms with Gasteiger partial charge in [0.2, 0.25) is 15.9 Å². The molecule has 1 N–H and O–H groups in total. The molecule has 1 atom stereocenters. The first-order valence-corrected chi connectivity index (χ1v) is 8.67. The van der Waals surface area contributed by atoms with Gasteiger partial charge in [0.05, 0.1) is 6.26 Å². The summed E-state index contributed by atoms with van der Waals surface area (Å²) in [6.07, 6.45) is 5.01. The summed E-state index contributed by atoms with van der Waals surface area (Å²) in [5.41, 5.74) is 0. The Hall–Kier alpha value is -1.60. The van der Waals surface area contributed by atoms with Gasteiger partial charge in [0.1, 0.15) is 11.5 Å². The summed E-state index contributed by atoms with van der Waals surface area (Å²) in [6, 6.07) is 3.62. The van der Waals surface area contributed by atoms with Gasteiger partial charge in [-0.3, -0.25) is 4.79 Å². The molecule has 1 fully saturated rings. The van der Waals surface area contributed by atoms with Crippen molar-refractivity contribution in [3.8, 4) is 0 Å². The summed E-state index contributed by atoms with van der Waals surface area (Å²) in [7, 11) is -3.12. The molecule has 1 aliphatic rings. The summed E-state index contributed by atoms with van der Waals surface area (Å²) in [5.74, 6) is 1.39. The van der Waals surface area contributed by atoms with Crippen molar-refractivity contribution in [1.29, 1.82) is 0 Å². The molecular weight excluding hydrogens is 292 g/mol. The molecular formula is C14H20N2O4S. The molecule has 21 heavy (non-hydrogen) atoms. The lowest BCUT2D eigenvalue weighted by molar-refractivity contribution is -0.116. The van der Waals surface area contributed by atoms with Gasteiger partial charge < -0.3 is 9.73 Å². The highest BCUT2D eigenvalue weighted by molar-refractivity contribution is 7.88. The normalized spacial score (nSPS) is 20.2. The van der Waals surface area contributed by atoms with Gasteiger partial charge >= 0.3 is 0 Å². The van der Waals surface area contributed by atoms with Crippen LogP contribution in [0.3, 0.4) is 0 Å². The van der Waals surface area contributed by atoms with Crippen molar-refractivity contribution in [2.24, 2.45) is 5.92 Å². The molecule has 0 saturated carbocycles. The standard InChI is InChI=1S/C14H20N2O4S/c1-11-3-4-13(20-11)5-6-14(17)15-9-12-7-8-16(10-12)21(2,18)19/h3-6,12H,7-10H2,1-2H3,(H,15,17). The first kappa shape index (κ1) is 15.8. The van der Waals surface area contributed by atoms with Gasteiger partial charge in [-0.2, -0.15) is 0 Å². The molecule has 2 rings (SSSR count). The number of nitrogens with zero attached hydrogens (tertiary/aromatic N) is 1. The zero-order chi connectivity index (χ0) is 15.5. The van der Waals surface area contributed by atoms with E-state index in [1.54, 1.807) is 12.1 Å². The molecule has 1 saturated heterocycles. The van der Waals surface area contributed by atoms with E-state index in [9.17, 15) is 13.2 Å². The number of amides is 1. The summed E-state index contributed by atoms with van der Waals surface area (Å²) < 4.78 is 29.6. The molecule has 0 aromatic carbocycles. The summed E-state index contributed by atoms with van der Waals surface area (Å²) in [4.78, 5) is 11.7. The van der Waals surface area contributed by atoms with Crippen LogP contribution in [0.1, 0.15) is 17.9 Å². The molecule has 1 aliphatic heterocycles. The van der Waals surface area contributed by atoms with Crippen LogP contribution < -0.4 is 5.32 Å². The lowest BCUT2D eigenvalue weighted by atomic mass is 10.1. The van der Waals surface area contributed by atoms with Crippen LogP contribution in [-0.2, 0) is 14.8 Å². The van der Waals surface area contributed by atoms with E-state index in [0.29, 0.717) is 25.4 Å². The molecule has 0 spiro atoms. The second kappa shape index (κ2) is 6.44. The van der Waals surface area contributed by atoms with Gasteiger partial charge in [0, 0.05) is 25.7 Å². The van der Waals surface area contributed by atoms with Crippen molar-refractivity contribution >= 4 is 22.0 Å². The molecule has 116 valence electrons. The van der Waals surface area contributed by atoms with Crippen LogP contribution in [0.15, 0.2) is 22.6 Å². The smallest absolute Gasteiger partial charge is 0.244 e. The Balaban J connectivity index is 1.76. The predicted octanol–water partition coefficient (Wildman–Crippen LogP) is 0.999. The number of hydrogen-bond acceptors (Lipinski definition) is 4. The van der Waals surface area contributed by atoms with Gasteiger partial charge in [0.15, 0.2) is 0 Å². The third kappa shape index (κ3) is 4.71. The maximum atomic E-state index is 11.7. The van der Waals surface area contributed by atoms with Crippen molar-refractivity contribution in [2.45, 2.75) is 13.3 Å². The molecule has 7 heteroatoms. The van der Waals surface area contributed by atoms with Gasteiger partial charge in [0.25, 0.3) is 0 Å². The molecule has 1 amide bonds. The first-order valence-electron chi connectivity index (χ1n) is 6.82. The van der Waals surface area contributed by atoms with Crippen LogP contribution in [0.5, 0.6) is 0 Å². The Morgan fingerprint density at radius 1 is 1.52 bits per heavy atom. The molecule has 6 nitrogen and oxygen atoms in total. The monoisotopic (exact) mass is 312 g/mol. The maximum Gasteiger partial charge on any atom is 0.244 e. The average Bonchev–Trinajstić information content (AvgIpc) is 3.02. The summed E-state index contributed by atoms with van der Waals surface area (Å²) in [5, 5.41) is 2.78. The van der Waals surface area contributed by atoms with Crippen LogP contribution in [0.25, 0.3) is 6.08 Å². The second-order valence-corrected chi connectivity index (χ2v) is 7.29. The third-order valence-corrected chi connectivity index (χ3v) is 4.71. The SMILES string of the molecule is Cc1ccc(C=CC(=O)NCC2CCN(S(C)(=O)=O)C2)o1. The number of hydrogen-bond donors (Lipinski definition) is 1. The summed E-state index contributed by atoms with van der Waals surface area (Å²) >= 11 is 0. The van der Waals surface area contributed by atoms with E-state index in [0.717, 1.165) is 12.2 Å². The highest BCUT2D eigenvalue weighted by Crippen LogP contribution is 2.17. The van der Waals surface area contributed by atoms with E-state index >= 15 is 0 Å². The second-order valence-electron chi connectivity index (χ2n) is 5.30. The van der Waals surface area contributed by atoms with Gasteiger partial charge in [-0.25, -0.2) is 12.7 Å². The highest BCUT2D eigenvalue weighted by Gasteiger charge is 2.28. The average molecular weight is 312 g/mol. The van der Waals surface area contributed by atoms with Crippen molar-refractivity contribution < 1.29 is 17.6 Å². The number of rotatable bonds is 5. The van der Waals surface area contributed by atoms with Crippen molar-refractivity contribution in [1.82, 2.24) is 9.62 Å². The van der Waals surface area contributed by atoms with Crippen LogP contribution in [0.4, 0.5) is 0 Å². The maximum absolute atomic E-state index is 11.7. The number of nitrogens with one attached hydrogen (secondary N) is 1. The van der Waals surface area contributed by atoms with E-state index < -0.39 is 10.0 Å². The van der Waals surface area contributed by atoms with E-state index in [-0.39, 0.29) is 11.8 Å². The Morgan fingerprint density at radius 3 is 2.86 bits per heavy atom. The Labute approximate surface area is 124 Å². The number of aryl methyl sites for hydroxylation is 1. The van der Waals surface area contributed by atoms with E-state index in [4.69, 9.17) is 4.42 Å². The molecule has 0 radical (unpaired) electrons. The third-order valence-electron chi connectivity index (χ3n) is 3.44. The van der Waals surface area contributed by atoms with Crippen LogP contribution in [-0.4, -0.2) is 44.5 Å². The van der Waals surface area contributed by atoms with Crippen molar-refractivity contribution in [3.63, 3.8) is 0 Å². The fourth-order valence-corrected chi connectivity index (χ4v) is 3.19. The lowest BCUT2D eigenvalue weighted by Crippen LogP contribution is -2.31. The minimum absolute atomic E-state index is 0.169. The molecule has 0 bridgehead atoms. The lowest BCUT2D eigenvalue weighted by Gasteiger charge is -2.13. The van der Waals surface area contributed by atoms with Crippen LogP contribution in [0.2, 0.25) is 0 Å². The van der Waals surface area contributed by atoms with E-state index in [2.05, 4.69) is 5.32 Å². The largest absolute Gasteiger partial charge is 0.462 e. The zero-order valence-corrected chi connectivity index (χ0v) is 13.0. The quantitative estimate of drug-likeness (QED) is 0.823. The van der Waals surface area contributed by atoms with Gasteiger partial charge in [-0.1, -0.05) is 0 Å². The molecule has 1 aromatic rings. The number of furan rings is 1. The molecule has 1 aromatic heterocycles. The minimum Gasteiger partial charge on any atom is -0.462 e. The zero-order valence-electron chi connectivity index (χ0n) is 12.2. The Morgan fingerprint density at radius 2 is 2.29 bits per heavy atom. The van der Waals surface area contributed by atoms with Crippen molar-refractivity contribution in [3.05, 3.63) is 29.7 Å². The van der Waals surface area contributed by atoms with Crippen LogP contribution >= 0.6 is 0 Å². The van der Waals surface area contributed by atoms with Gasteiger partial charge in [-0.15, -0.1) is 0 Å². The molecule has 0 aliphatic carbocycles. The molecule has 2 heterocycles. The Kier molecular flexibility index (Phi) is 4.84. The number of carbonyl (C=O) groups is 1. The van der Waals surface area contributed by atoms with E-state index in [1.165, 1.54) is 16.6 Å².